The van der Waals surface area contributed by atoms with E-state index in [1.54, 1.807) is 6.07 Å². The zero-order valence-corrected chi connectivity index (χ0v) is 12.1. The largest absolute Gasteiger partial charge is 0.342 e. The summed E-state index contributed by atoms with van der Waals surface area (Å²) >= 11 is 1.38. The Morgan fingerprint density at radius 3 is 3.00 bits per heavy atom. The zero-order valence-electron chi connectivity index (χ0n) is 11.3. The van der Waals surface area contributed by atoms with Crippen molar-refractivity contribution in [1.29, 1.82) is 0 Å². The average Bonchev–Trinajstić information content (AvgIpc) is 3.05. The van der Waals surface area contributed by atoms with Crippen LogP contribution in [0.4, 0.5) is 0 Å². The van der Waals surface area contributed by atoms with E-state index in [-0.39, 0.29) is 18.4 Å². The standard InChI is InChI=1S/C14H19N3O2S/c18-13(8-15-14(19)12-2-1-7-20-12)17-6-5-10-3-4-11(9-17)16-10/h1-2,7,10-11,16H,3-6,8-9H2,(H,15,19). The molecule has 3 rings (SSSR count). The van der Waals surface area contributed by atoms with E-state index in [9.17, 15) is 9.59 Å². The molecule has 2 aliphatic rings. The van der Waals surface area contributed by atoms with Crippen LogP contribution in [0, 0.1) is 0 Å². The minimum atomic E-state index is -0.164. The molecule has 0 saturated carbocycles. The highest BCUT2D eigenvalue weighted by Crippen LogP contribution is 2.20. The predicted molar refractivity (Wildman–Crippen MR) is 77.8 cm³/mol. The second kappa shape index (κ2) is 5.93. The lowest BCUT2D eigenvalue weighted by Crippen LogP contribution is -2.44. The van der Waals surface area contributed by atoms with E-state index in [0.29, 0.717) is 17.0 Å². The van der Waals surface area contributed by atoms with Crippen molar-refractivity contribution >= 4 is 23.2 Å². The highest BCUT2D eigenvalue weighted by molar-refractivity contribution is 7.12. The van der Waals surface area contributed by atoms with E-state index in [1.807, 2.05) is 16.3 Å². The van der Waals surface area contributed by atoms with Crippen LogP contribution in [0.5, 0.6) is 0 Å². The fourth-order valence-electron chi connectivity index (χ4n) is 2.93. The van der Waals surface area contributed by atoms with Crippen LogP contribution in [0.25, 0.3) is 0 Å². The number of fused-ring (bicyclic) bond motifs is 2. The number of nitrogens with one attached hydrogen (secondary N) is 2. The molecule has 2 N–H and O–H groups in total. The van der Waals surface area contributed by atoms with Crippen LogP contribution in [0.15, 0.2) is 17.5 Å². The second-order valence-electron chi connectivity index (χ2n) is 5.43. The Morgan fingerprint density at radius 2 is 2.20 bits per heavy atom. The quantitative estimate of drug-likeness (QED) is 0.868. The maximum atomic E-state index is 12.2. The highest BCUT2D eigenvalue weighted by Gasteiger charge is 2.31. The first-order valence-corrected chi connectivity index (χ1v) is 7.96. The van der Waals surface area contributed by atoms with Gasteiger partial charge in [-0.05, 0) is 30.7 Å². The summed E-state index contributed by atoms with van der Waals surface area (Å²) in [4.78, 5) is 26.5. The number of carbonyl (C=O) groups is 2. The predicted octanol–water partition coefficient (Wildman–Crippen LogP) is 0.831. The number of amides is 2. The van der Waals surface area contributed by atoms with Gasteiger partial charge in [-0.2, -0.15) is 0 Å². The van der Waals surface area contributed by atoms with Gasteiger partial charge in [-0.15, -0.1) is 11.3 Å². The van der Waals surface area contributed by atoms with Gasteiger partial charge in [-0.3, -0.25) is 9.59 Å². The van der Waals surface area contributed by atoms with Crippen molar-refractivity contribution < 1.29 is 9.59 Å². The summed E-state index contributed by atoms with van der Waals surface area (Å²) in [5.74, 6) is -0.146. The third-order valence-electron chi connectivity index (χ3n) is 4.02. The maximum absolute atomic E-state index is 12.2. The number of carbonyl (C=O) groups excluding carboxylic acids is 2. The molecule has 1 aromatic heterocycles. The van der Waals surface area contributed by atoms with Gasteiger partial charge in [0.05, 0.1) is 11.4 Å². The van der Waals surface area contributed by atoms with Gasteiger partial charge in [0.15, 0.2) is 0 Å². The van der Waals surface area contributed by atoms with Crippen molar-refractivity contribution in [2.24, 2.45) is 0 Å². The maximum Gasteiger partial charge on any atom is 0.261 e. The van der Waals surface area contributed by atoms with Crippen LogP contribution in [0.2, 0.25) is 0 Å². The molecule has 6 heteroatoms. The number of hydrogen-bond acceptors (Lipinski definition) is 4. The Balaban J connectivity index is 1.50. The lowest BCUT2D eigenvalue weighted by molar-refractivity contribution is -0.130. The summed E-state index contributed by atoms with van der Waals surface area (Å²) in [5, 5.41) is 8.11. The van der Waals surface area contributed by atoms with Gasteiger partial charge < -0.3 is 15.5 Å². The minimum absolute atomic E-state index is 0.0178. The average molecular weight is 293 g/mol. The summed E-state index contributed by atoms with van der Waals surface area (Å²) < 4.78 is 0. The Kier molecular flexibility index (Phi) is 4.03. The molecule has 0 spiro atoms. The lowest BCUT2D eigenvalue weighted by Gasteiger charge is -2.24. The summed E-state index contributed by atoms with van der Waals surface area (Å²) in [5.41, 5.74) is 0. The fraction of sp³-hybridized carbons (Fsp3) is 0.571. The van der Waals surface area contributed by atoms with Gasteiger partial charge in [0.25, 0.3) is 5.91 Å². The van der Waals surface area contributed by atoms with Crippen LogP contribution >= 0.6 is 11.3 Å². The SMILES string of the molecule is O=C(NCC(=O)N1CCC2CCC(C1)N2)c1cccs1. The molecule has 2 saturated heterocycles. The fourth-order valence-corrected chi connectivity index (χ4v) is 3.57. The summed E-state index contributed by atoms with van der Waals surface area (Å²) in [6, 6.07) is 4.59. The Hall–Kier alpha value is -1.40. The first kappa shape index (κ1) is 13.6. The molecule has 2 unspecified atom stereocenters. The Bertz CT molecular complexity index is 489. The second-order valence-corrected chi connectivity index (χ2v) is 6.37. The summed E-state index contributed by atoms with van der Waals surface area (Å²) in [6.45, 7) is 1.65. The number of likely N-dealkylation sites (tertiary alicyclic amines) is 1. The molecule has 2 amide bonds. The van der Waals surface area contributed by atoms with E-state index in [4.69, 9.17) is 0 Å². The molecule has 2 atom stereocenters. The van der Waals surface area contributed by atoms with Gasteiger partial charge in [-0.25, -0.2) is 0 Å². The summed E-state index contributed by atoms with van der Waals surface area (Å²) in [6.07, 6.45) is 3.39. The van der Waals surface area contributed by atoms with Crippen LogP contribution in [0.1, 0.15) is 28.9 Å². The molecule has 2 bridgehead atoms. The molecule has 20 heavy (non-hydrogen) atoms. The van der Waals surface area contributed by atoms with E-state index < -0.39 is 0 Å². The molecule has 108 valence electrons. The molecule has 0 radical (unpaired) electrons. The van der Waals surface area contributed by atoms with Crippen molar-refractivity contribution in [3.8, 4) is 0 Å². The van der Waals surface area contributed by atoms with Crippen molar-refractivity contribution in [3.63, 3.8) is 0 Å². The number of nitrogens with zero attached hydrogens (tertiary/aromatic N) is 1. The van der Waals surface area contributed by atoms with Gasteiger partial charge in [-0.1, -0.05) is 6.07 Å². The third-order valence-corrected chi connectivity index (χ3v) is 4.89. The van der Waals surface area contributed by atoms with Gasteiger partial charge >= 0.3 is 0 Å². The van der Waals surface area contributed by atoms with Crippen LogP contribution in [-0.2, 0) is 4.79 Å². The van der Waals surface area contributed by atoms with Crippen molar-refractivity contribution in [2.45, 2.75) is 31.3 Å². The molecule has 2 aliphatic heterocycles. The van der Waals surface area contributed by atoms with Crippen LogP contribution in [0.3, 0.4) is 0 Å². The molecule has 2 fully saturated rings. The van der Waals surface area contributed by atoms with E-state index in [2.05, 4.69) is 10.6 Å². The topological polar surface area (TPSA) is 61.4 Å². The van der Waals surface area contributed by atoms with E-state index in [0.717, 1.165) is 25.9 Å². The number of rotatable bonds is 3. The van der Waals surface area contributed by atoms with Gasteiger partial charge in [0.2, 0.25) is 5.91 Å². The number of thiophene rings is 1. The van der Waals surface area contributed by atoms with Gasteiger partial charge in [0.1, 0.15) is 0 Å². The van der Waals surface area contributed by atoms with Crippen molar-refractivity contribution in [1.82, 2.24) is 15.5 Å². The van der Waals surface area contributed by atoms with Crippen LogP contribution < -0.4 is 10.6 Å². The monoisotopic (exact) mass is 293 g/mol. The smallest absolute Gasteiger partial charge is 0.261 e. The molecule has 0 aliphatic carbocycles. The minimum Gasteiger partial charge on any atom is -0.342 e. The van der Waals surface area contributed by atoms with E-state index >= 15 is 0 Å². The first-order valence-electron chi connectivity index (χ1n) is 7.08. The molecular weight excluding hydrogens is 274 g/mol. The highest BCUT2D eigenvalue weighted by atomic mass is 32.1. The normalized spacial score (nSPS) is 25.3. The van der Waals surface area contributed by atoms with E-state index in [1.165, 1.54) is 17.8 Å². The number of hydrogen-bond donors (Lipinski definition) is 2. The molecule has 5 nitrogen and oxygen atoms in total. The lowest BCUT2D eigenvalue weighted by atomic mass is 10.1. The molecule has 1 aromatic rings. The molecular formula is C14H19N3O2S. The Morgan fingerprint density at radius 1 is 1.35 bits per heavy atom. The third kappa shape index (κ3) is 3.02. The molecule has 3 heterocycles. The Labute approximate surface area is 122 Å². The van der Waals surface area contributed by atoms with Crippen molar-refractivity contribution in [3.05, 3.63) is 22.4 Å². The molecule has 0 aromatic carbocycles. The summed E-state index contributed by atoms with van der Waals surface area (Å²) in [7, 11) is 0. The zero-order chi connectivity index (χ0) is 13.9. The first-order chi connectivity index (χ1) is 9.72. The van der Waals surface area contributed by atoms with Crippen molar-refractivity contribution in [2.75, 3.05) is 19.6 Å². The van der Waals surface area contributed by atoms with Crippen LogP contribution in [-0.4, -0.2) is 48.4 Å². The van der Waals surface area contributed by atoms with Gasteiger partial charge in [0, 0.05) is 25.2 Å².